The molecule has 0 fully saturated rings. The van der Waals surface area contributed by atoms with Crippen LogP contribution >= 0.6 is 11.8 Å². The molecule has 0 radical (unpaired) electrons. The molecule has 1 aliphatic heterocycles. The average Bonchev–Trinajstić information content (AvgIpc) is 3.24. The number of para-hydroxylation sites is 1. The quantitative estimate of drug-likeness (QED) is 0.560. The lowest BCUT2D eigenvalue weighted by atomic mass is 10.1. The summed E-state index contributed by atoms with van der Waals surface area (Å²) in [7, 11) is 0. The number of nitrogens with zero attached hydrogens (tertiary/aromatic N) is 3. The second-order valence-electron chi connectivity index (χ2n) is 5.76. The third kappa shape index (κ3) is 3.06. The maximum atomic E-state index is 12.4. The number of nitro groups is 1. The SMILES string of the molecule is O=C(Nc1ccc(-c2cn3c(n2)SCC3)cc1)c1ccccc1[N+](=O)[O-]. The summed E-state index contributed by atoms with van der Waals surface area (Å²) < 4.78 is 2.13. The summed E-state index contributed by atoms with van der Waals surface area (Å²) in [5.74, 6) is 0.543. The Morgan fingerprint density at radius 3 is 2.69 bits per heavy atom. The lowest BCUT2D eigenvalue weighted by molar-refractivity contribution is -0.385. The summed E-state index contributed by atoms with van der Waals surface area (Å²) in [6.45, 7) is 0.969. The number of hydrogen-bond acceptors (Lipinski definition) is 5. The van der Waals surface area contributed by atoms with Crippen molar-refractivity contribution in [2.75, 3.05) is 11.1 Å². The lowest BCUT2D eigenvalue weighted by Crippen LogP contribution is -2.13. The Hall–Kier alpha value is -3.13. The minimum atomic E-state index is -0.562. The van der Waals surface area contributed by atoms with Gasteiger partial charge >= 0.3 is 0 Å². The number of imidazole rings is 1. The first-order valence-corrected chi connectivity index (χ1v) is 8.95. The van der Waals surface area contributed by atoms with E-state index in [2.05, 4.69) is 14.9 Å². The standard InChI is InChI=1S/C18H14N4O3S/c23-17(14-3-1-2-4-16(14)22(24)25)19-13-7-5-12(6-8-13)15-11-21-9-10-26-18(21)20-15/h1-8,11H,9-10H2,(H,19,23). The number of aryl methyl sites for hydroxylation is 1. The van der Waals surface area contributed by atoms with E-state index in [-0.39, 0.29) is 11.3 Å². The monoisotopic (exact) mass is 366 g/mol. The second-order valence-corrected chi connectivity index (χ2v) is 6.82. The Labute approximate surface area is 153 Å². The normalized spacial score (nSPS) is 12.6. The molecule has 0 saturated heterocycles. The Kier molecular flexibility index (Phi) is 4.18. The highest BCUT2D eigenvalue weighted by atomic mass is 32.2. The van der Waals surface area contributed by atoms with E-state index in [0.29, 0.717) is 5.69 Å². The molecule has 2 heterocycles. The minimum absolute atomic E-state index is 0.0316. The van der Waals surface area contributed by atoms with E-state index in [9.17, 15) is 14.9 Å². The summed E-state index contributed by atoms with van der Waals surface area (Å²) >= 11 is 1.74. The summed E-state index contributed by atoms with van der Waals surface area (Å²) in [6.07, 6.45) is 2.02. The molecule has 1 amide bonds. The van der Waals surface area contributed by atoms with Crippen molar-refractivity contribution in [3.63, 3.8) is 0 Å². The number of fused-ring (bicyclic) bond motifs is 1. The molecule has 2 aromatic carbocycles. The van der Waals surface area contributed by atoms with Crippen molar-refractivity contribution in [2.24, 2.45) is 0 Å². The highest BCUT2D eigenvalue weighted by Gasteiger charge is 2.19. The van der Waals surface area contributed by atoms with Crippen LogP contribution in [0.3, 0.4) is 0 Å². The first-order valence-electron chi connectivity index (χ1n) is 7.97. The number of anilines is 1. The van der Waals surface area contributed by atoms with Crippen molar-refractivity contribution in [1.29, 1.82) is 0 Å². The number of carbonyl (C=O) groups is 1. The van der Waals surface area contributed by atoms with Crippen molar-refractivity contribution >= 4 is 29.0 Å². The van der Waals surface area contributed by atoms with Gasteiger partial charge in [0, 0.05) is 35.8 Å². The molecule has 0 saturated carbocycles. The van der Waals surface area contributed by atoms with E-state index in [0.717, 1.165) is 28.7 Å². The van der Waals surface area contributed by atoms with E-state index in [1.165, 1.54) is 18.2 Å². The predicted molar refractivity (Wildman–Crippen MR) is 99.4 cm³/mol. The van der Waals surface area contributed by atoms with E-state index in [1.807, 2.05) is 18.3 Å². The highest BCUT2D eigenvalue weighted by Crippen LogP contribution is 2.29. The first-order chi connectivity index (χ1) is 12.6. The lowest BCUT2D eigenvalue weighted by Gasteiger charge is -2.06. The van der Waals surface area contributed by atoms with Gasteiger partial charge in [0.25, 0.3) is 11.6 Å². The molecule has 0 unspecified atom stereocenters. The Bertz CT molecular complexity index is 976. The van der Waals surface area contributed by atoms with Gasteiger partial charge in [-0.1, -0.05) is 36.0 Å². The molecule has 26 heavy (non-hydrogen) atoms. The van der Waals surface area contributed by atoms with Crippen molar-refractivity contribution in [3.05, 3.63) is 70.4 Å². The molecule has 3 aromatic rings. The van der Waals surface area contributed by atoms with E-state index in [1.54, 1.807) is 30.0 Å². The van der Waals surface area contributed by atoms with Gasteiger partial charge in [-0.05, 0) is 18.2 Å². The van der Waals surface area contributed by atoms with Gasteiger partial charge < -0.3 is 9.88 Å². The third-order valence-corrected chi connectivity index (χ3v) is 5.06. The number of aromatic nitrogens is 2. The third-order valence-electron chi connectivity index (χ3n) is 4.09. The Morgan fingerprint density at radius 2 is 1.96 bits per heavy atom. The number of amides is 1. The molecular weight excluding hydrogens is 352 g/mol. The maximum absolute atomic E-state index is 12.4. The zero-order valence-electron chi connectivity index (χ0n) is 13.6. The van der Waals surface area contributed by atoms with Crippen LogP contribution in [-0.4, -0.2) is 26.1 Å². The van der Waals surface area contributed by atoms with Crippen molar-refractivity contribution < 1.29 is 9.72 Å². The van der Waals surface area contributed by atoms with Crippen LogP contribution in [0.2, 0.25) is 0 Å². The van der Waals surface area contributed by atoms with Crippen molar-refractivity contribution in [3.8, 4) is 11.3 Å². The van der Waals surface area contributed by atoms with Crippen LogP contribution in [0.15, 0.2) is 59.9 Å². The van der Waals surface area contributed by atoms with Gasteiger partial charge in [-0.3, -0.25) is 14.9 Å². The van der Waals surface area contributed by atoms with Gasteiger partial charge in [0.2, 0.25) is 0 Å². The van der Waals surface area contributed by atoms with Crippen LogP contribution in [0.5, 0.6) is 0 Å². The summed E-state index contributed by atoms with van der Waals surface area (Å²) in [4.78, 5) is 27.4. The van der Waals surface area contributed by atoms with E-state index in [4.69, 9.17) is 0 Å². The highest BCUT2D eigenvalue weighted by molar-refractivity contribution is 7.99. The summed E-state index contributed by atoms with van der Waals surface area (Å²) in [5, 5.41) is 14.8. The predicted octanol–water partition coefficient (Wildman–Crippen LogP) is 3.82. The fourth-order valence-corrected chi connectivity index (χ4v) is 3.74. The Balaban J connectivity index is 1.52. The molecule has 1 N–H and O–H groups in total. The first kappa shape index (κ1) is 16.3. The van der Waals surface area contributed by atoms with Crippen LogP contribution in [0, 0.1) is 10.1 Å². The smallest absolute Gasteiger partial charge is 0.282 e. The fraction of sp³-hybridized carbons (Fsp3) is 0.111. The van der Waals surface area contributed by atoms with Crippen LogP contribution in [0.25, 0.3) is 11.3 Å². The Morgan fingerprint density at radius 1 is 1.19 bits per heavy atom. The molecule has 0 spiro atoms. The largest absolute Gasteiger partial charge is 0.325 e. The van der Waals surface area contributed by atoms with Crippen LogP contribution in [0.4, 0.5) is 11.4 Å². The zero-order chi connectivity index (χ0) is 18.1. The molecule has 8 heteroatoms. The topological polar surface area (TPSA) is 90.1 Å². The van der Waals surface area contributed by atoms with E-state index >= 15 is 0 Å². The molecular formula is C18H14N4O3S. The minimum Gasteiger partial charge on any atom is -0.325 e. The van der Waals surface area contributed by atoms with Gasteiger partial charge in [-0.2, -0.15) is 0 Å². The van der Waals surface area contributed by atoms with Gasteiger partial charge in [-0.25, -0.2) is 4.98 Å². The molecule has 130 valence electrons. The fourth-order valence-electron chi connectivity index (χ4n) is 2.80. The molecule has 0 aliphatic carbocycles. The molecule has 0 atom stereocenters. The number of hydrogen-bond donors (Lipinski definition) is 1. The van der Waals surface area contributed by atoms with Crippen LogP contribution in [0.1, 0.15) is 10.4 Å². The number of benzene rings is 2. The number of carbonyl (C=O) groups excluding carboxylic acids is 1. The van der Waals surface area contributed by atoms with Crippen LogP contribution < -0.4 is 5.32 Å². The molecule has 7 nitrogen and oxygen atoms in total. The van der Waals surface area contributed by atoms with Crippen LogP contribution in [-0.2, 0) is 6.54 Å². The van der Waals surface area contributed by atoms with Crippen molar-refractivity contribution in [1.82, 2.24) is 9.55 Å². The van der Waals surface area contributed by atoms with Gasteiger partial charge in [0.1, 0.15) is 5.56 Å². The second kappa shape index (κ2) is 6.64. The van der Waals surface area contributed by atoms with Gasteiger partial charge in [0.05, 0.1) is 10.6 Å². The van der Waals surface area contributed by atoms with Crippen molar-refractivity contribution in [2.45, 2.75) is 11.7 Å². The average molecular weight is 366 g/mol. The van der Waals surface area contributed by atoms with Gasteiger partial charge in [0.15, 0.2) is 5.16 Å². The van der Waals surface area contributed by atoms with E-state index < -0.39 is 10.8 Å². The molecule has 1 aromatic heterocycles. The van der Waals surface area contributed by atoms with Gasteiger partial charge in [-0.15, -0.1) is 0 Å². The number of thioether (sulfide) groups is 1. The zero-order valence-corrected chi connectivity index (χ0v) is 14.4. The molecule has 4 rings (SSSR count). The molecule has 0 bridgehead atoms. The maximum Gasteiger partial charge on any atom is 0.282 e. The number of nitrogens with one attached hydrogen (secondary N) is 1. The number of rotatable bonds is 4. The summed E-state index contributed by atoms with van der Waals surface area (Å²) in [6, 6.07) is 13.2. The molecule has 1 aliphatic rings. The summed E-state index contributed by atoms with van der Waals surface area (Å²) in [5.41, 5.74) is 2.23. The number of nitro benzene ring substituents is 1.